The SMILES string of the molecule is CCC(=O)NCCCCCCN1CCCCCC1=O. The topological polar surface area (TPSA) is 49.4 Å². The number of carbonyl (C=O) groups is 2. The summed E-state index contributed by atoms with van der Waals surface area (Å²) < 4.78 is 0. The van der Waals surface area contributed by atoms with Gasteiger partial charge in [0, 0.05) is 32.5 Å². The summed E-state index contributed by atoms with van der Waals surface area (Å²) in [5.41, 5.74) is 0. The molecular formula is C15H28N2O2. The molecule has 0 spiro atoms. The van der Waals surface area contributed by atoms with Crippen LogP contribution in [-0.4, -0.2) is 36.3 Å². The van der Waals surface area contributed by atoms with E-state index < -0.39 is 0 Å². The van der Waals surface area contributed by atoms with Gasteiger partial charge in [-0.15, -0.1) is 0 Å². The highest BCUT2D eigenvalue weighted by Crippen LogP contribution is 2.12. The minimum atomic E-state index is 0.134. The Labute approximate surface area is 116 Å². The standard InChI is InChI=1S/C15H28N2O2/c1-2-14(18)16-11-7-3-4-8-12-17-13-9-5-6-10-15(17)19/h2-13H2,1H3,(H,16,18). The van der Waals surface area contributed by atoms with Crippen LogP contribution in [0.3, 0.4) is 0 Å². The smallest absolute Gasteiger partial charge is 0.222 e. The van der Waals surface area contributed by atoms with Crippen LogP contribution in [0.15, 0.2) is 0 Å². The Kier molecular flexibility index (Phi) is 8.26. The van der Waals surface area contributed by atoms with Gasteiger partial charge in [0.1, 0.15) is 0 Å². The third kappa shape index (κ3) is 7.19. The number of carbonyl (C=O) groups excluding carboxylic acids is 2. The predicted molar refractivity (Wildman–Crippen MR) is 76.8 cm³/mol. The fourth-order valence-corrected chi connectivity index (χ4v) is 2.41. The van der Waals surface area contributed by atoms with Gasteiger partial charge in [-0.05, 0) is 25.7 Å². The molecule has 0 aromatic carbocycles. The molecule has 1 saturated heterocycles. The second kappa shape index (κ2) is 9.82. The van der Waals surface area contributed by atoms with Crippen molar-refractivity contribution in [3.63, 3.8) is 0 Å². The van der Waals surface area contributed by atoms with Gasteiger partial charge < -0.3 is 10.2 Å². The van der Waals surface area contributed by atoms with E-state index in [2.05, 4.69) is 5.32 Å². The molecule has 0 saturated carbocycles. The van der Waals surface area contributed by atoms with Crippen LogP contribution >= 0.6 is 0 Å². The maximum Gasteiger partial charge on any atom is 0.222 e. The number of nitrogens with one attached hydrogen (secondary N) is 1. The Morgan fingerprint density at radius 2 is 1.95 bits per heavy atom. The molecule has 0 aromatic rings. The average Bonchev–Trinajstić information content (AvgIpc) is 2.62. The molecule has 19 heavy (non-hydrogen) atoms. The van der Waals surface area contributed by atoms with E-state index in [-0.39, 0.29) is 5.91 Å². The first-order valence-electron chi connectivity index (χ1n) is 7.78. The lowest BCUT2D eigenvalue weighted by Gasteiger charge is -2.20. The molecule has 0 aromatic heterocycles. The molecule has 1 heterocycles. The van der Waals surface area contributed by atoms with Gasteiger partial charge in [0.05, 0.1) is 0 Å². The van der Waals surface area contributed by atoms with Crippen molar-refractivity contribution in [1.82, 2.24) is 10.2 Å². The minimum absolute atomic E-state index is 0.134. The van der Waals surface area contributed by atoms with Crippen molar-refractivity contribution in [2.75, 3.05) is 19.6 Å². The predicted octanol–water partition coefficient (Wildman–Crippen LogP) is 2.48. The van der Waals surface area contributed by atoms with E-state index in [1.165, 1.54) is 6.42 Å². The number of nitrogens with zero attached hydrogens (tertiary/aromatic N) is 1. The van der Waals surface area contributed by atoms with Gasteiger partial charge in [-0.3, -0.25) is 9.59 Å². The van der Waals surface area contributed by atoms with E-state index in [1.54, 1.807) is 0 Å². The third-order valence-electron chi connectivity index (χ3n) is 3.67. The highest BCUT2D eigenvalue weighted by Gasteiger charge is 2.15. The fourth-order valence-electron chi connectivity index (χ4n) is 2.41. The molecule has 0 aliphatic carbocycles. The Morgan fingerprint density at radius 3 is 2.74 bits per heavy atom. The number of likely N-dealkylation sites (tertiary alicyclic amines) is 1. The largest absolute Gasteiger partial charge is 0.356 e. The molecule has 4 heteroatoms. The second-order valence-corrected chi connectivity index (χ2v) is 5.31. The lowest BCUT2D eigenvalue weighted by atomic mass is 10.2. The number of rotatable bonds is 8. The summed E-state index contributed by atoms with van der Waals surface area (Å²) in [6.45, 7) is 4.52. The fraction of sp³-hybridized carbons (Fsp3) is 0.867. The van der Waals surface area contributed by atoms with Crippen molar-refractivity contribution >= 4 is 11.8 Å². The van der Waals surface area contributed by atoms with E-state index in [0.29, 0.717) is 12.3 Å². The monoisotopic (exact) mass is 268 g/mol. The van der Waals surface area contributed by atoms with Crippen molar-refractivity contribution in [1.29, 1.82) is 0 Å². The van der Waals surface area contributed by atoms with Crippen molar-refractivity contribution in [2.45, 2.75) is 64.7 Å². The Hall–Kier alpha value is -1.06. The van der Waals surface area contributed by atoms with Gasteiger partial charge in [-0.25, -0.2) is 0 Å². The molecule has 110 valence electrons. The van der Waals surface area contributed by atoms with Gasteiger partial charge in [0.15, 0.2) is 0 Å². The molecule has 1 aliphatic heterocycles. The van der Waals surface area contributed by atoms with Crippen LogP contribution < -0.4 is 5.32 Å². The van der Waals surface area contributed by atoms with Crippen LogP contribution in [0.2, 0.25) is 0 Å². The Morgan fingerprint density at radius 1 is 1.16 bits per heavy atom. The zero-order valence-electron chi connectivity index (χ0n) is 12.2. The molecule has 0 atom stereocenters. The molecule has 4 nitrogen and oxygen atoms in total. The van der Waals surface area contributed by atoms with Gasteiger partial charge in [0.25, 0.3) is 0 Å². The lowest BCUT2D eigenvalue weighted by molar-refractivity contribution is -0.130. The molecule has 0 radical (unpaired) electrons. The highest BCUT2D eigenvalue weighted by molar-refractivity contribution is 5.76. The van der Waals surface area contributed by atoms with Gasteiger partial charge in [-0.1, -0.05) is 26.2 Å². The summed E-state index contributed by atoms with van der Waals surface area (Å²) in [6.07, 6.45) is 9.13. The molecule has 1 rings (SSSR count). The van der Waals surface area contributed by atoms with Gasteiger partial charge >= 0.3 is 0 Å². The van der Waals surface area contributed by atoms with Gasteiger partial charge in [-0.2, -0.15) is 0 Å². The quantitative estimate of drug-likeness (QED) is 0.688. The number of amides is 2. The van der Waals surface area contributed by atoms with Crippen molar-refractivity contribution < 1.29 is 9.59 Å². The normalized spacial score (nSPS) is 16.3. The summed E-state index contributed by atoms with van der Waals surface area (Å²) >= 11 is 0. The summed E-state index contributed by atoms with van der Waals surface area (Å²) in [6, 6.07) is 0. The molecule has 0 bridgehead atoms. The van der Waals surface area contributed by atoms with Crippen LogP contribution in [-0.2, 0) is 9.59 Å². The molecule has 2 amide bonds. The van der Waals surface area contributed by atoms with Gasteiger partial charge in [0.2, 0.25) is 11.8 Å². The Balaban J connectivity index is 1.97. The first-order valence-corrected chi connectivity index (χ1v) is 7.78. The minimum Gasteiger partial charge on any atom is -0.356 e. The third-order valence-corrected chi connectivity index (χ3v) is 3.67. The van der Waals surface area contributed by atoms with Crippen LogP contribution in [0.4, 0.5) is 0 Å². The summed E-state index contributed by atoms with van der Waals surface area (Å²) in [7, 11) is 0. The average molecular weight is 268 g/mol. The van der Waals surface area contributed by atoms with Crippen molar-refractivity contribution in [2.24, 2.45) is 0 Å². The zero-order valence-corrected chi connectivity index (χ0v) is 12.2. The van der Waals surface area contributed by atoms with E-state index in [4.69, 9.17) is 0 Å². The maximum absolute atomic E-state index is 11.8. The summed E-state index contributed by atoms with van der Waals surface area (Å²) in [4.78, 5) is 24.8. The maximum atomic E-state index is 11.8. The Bertz CT molecular complexity index is 279. The number of hydrogen-bond donors (Lipinski definition) is 1. The van der Waals surface area contributed by atoms with Crippen LogP contribution in [0.5, 0.6) is 0 Å². The van der Waals surface area contributed by atoms with E-state index in [1.807, 2.05) is 11.8 Å². The molecule has 0 unspecified atom stereocenters. The second-order valence-electron chi connectivity index (χ2n) is 5.31. The van der Waals surface area contributed by atoms with Crippen LogP contribution in [0.25, 0.3) is 0 Å². The van der Waals surface area contributed by atoms with Crippen molar-refractivity contribution in [3.8, 4) is 0 Å². The number of unbranched alkanes of at least 4 members (excludes halogenated alkanes) is 3. The highest BCUT2D eigenvalue weighted by atomic mass is 16.2. The van der Waals surface area contributed by atoms with E-state index in [0.717, 1.165) is 64.6 Å². The lowest BCUT2D eigenvalue weighted by Crippen LogP contribution is -2.31. The molecule has 1 fully saturated rings. The summed E-state index contributed by atoms with van der Waals surface area (Å²) in [5.74, 6) is 0.475. The molecule has 1 N–H and O–H groups in total. The van der Waals surface area contributed by atoms with Crippen LogP contribution in [0.1, 0.15) is 64.7 Å². The number of hydrogen-bond acceptors (Lipinski definition) is 2. The summed E-state index contributed by atoms with van der Waals surface area (Å²) in [5, 5.41) is 2.88. The first-order chi connectivity index (χ1) is 9.24. The van der Waals surface area contributed by atoms with Crippen LogP contribution in [0, 0.1) is 0 Å². The molecule has 1 aliphatic rings. The van der Waals surface area contributed by atoms with Crippen molar-refractivity contribution in [3.05, 3.63) is 0 Å². The first kappa shape index (κ1) is 16.0. The van der Waals surface area contributed by atoms with E-state index in [9.17, 15) is 9.59 Å². The molecular weight excluding hydrogens is 240 g/mol. The zero-order chi connectivity index (χ0) is 13.9. The van der Waals surface area contributed by atoms with E-state index >= 15 is 0 Å².